The highest BCUT2D eigenvalue weighted by Crippen LogP contribution is 2.17. The third-order valence-electron chi connectivity index (χ3n) is 1.36. The molecule has 0 aliphatic rings. The molecule has 0 aliphatic heterocycles. The van der Waals surface area contributed by atoms with Crippen LogP contribution in [0.15, 0.2) is 28.7 Å². The van der Waals surface area contributed by atoms with Crippen molar-refractivity contribution in [1.82, 2.24) is 0 Å². The van der Waals surface area contributed by atoms with Gasteiger partial charge in [-0.2, -0.15) is 0 Å². The molecule has 0 bridgehead atoms. The molecule has 0 unspecified atom stereocenters. The van der Waals surface area contributed by atoms with E-state index >= 15 is 0 Å². The fourth-order valence-corrected chi connectivity index (χ4v) is 1.43. The molecule has 1 rings (SSSR count). The third-order valence-corrected chi connectivity index (χ3v) is 1.82. The Kier molecular flexibility index (Phi) is 3.08. The Morgan fingerprint density at radius 3 is 2.69 bits per heavy atom. The van der Waals surface area contributed by atoms with Gasteiger partial charge in [0.1, 0.15) is 0 Å². The molecule has 0 radical (unpaired) electrons. The van der Waals surface area contributed by atoms with Gasteiger partial charge in [-0.25, -0.2) is 4.79 Å². The third kappa shape index (κ3) is 3.29. The number of rotatable bonds is 2. The number of halogens is 1. The lowest BCUT2D eigenvalue weighted by Gasteiger charge is -1.97. The zero-order valence-electron chi connectivity index (χ0n) is 6.70. The van der Waals surface area contributed by atoms with E-state index in [2.05, 4.69) is 15.9 Å². The maximum absolute atomic E-state index is 10.2. The lowest BCUT2D eigenvalue weighted by atomic mass is 10.2. The van der Waals surface area contributed by atoms with Crippen molar-refractivity contribution in [1.29, 1.82) is 0 Å². The van der Waals surface area contributed by atoms with E-state index in [0.29, 0.717) is 5.69 Å². The first kappa shape index (κ1) is 9.80. The Morgan fingerprint density at radius 1 is 1.46 bits per heavy atom. The number of carbonyl (C=O) groups is 1. The summed E-state index contributed by atoms with van der Waals surface area (Å²) in [5, 5.41) is 8.38. The molecule has 0 heterocycles. The van der Waals surface area contributed by atoms with Gasteiger partial charge in [0.15, 0.2) is 0 Å². The van der Waals surface area contributed by atoms with Crippen molar-refractivity contribution in [3.05, 3.63) is 34.3 Å². The first-order chi connectivity index (χ1) is 6.08. The standard InChI is InChI=1S/C9H8BrNO2/c10-7-3-6(1-2-9(12)13)4-8(11)5-7/h1-5H,11H2,(H,12,13)/b2-1-. The van der Waals surface area contributed by atoms with Crippen LogP contribution in [0.25, 0.3) is 6.08 Å². The Hall–Kier alpha value is -1.29. The minimum Gasteiger partial charge on any atom is -0.478 e. The molecule has 0 spiro atoms. The summed E-state index contributed by atoms with van der Waals surface area (Å²) in [7, 11) is 0. The van der Waals surface area contributed by atoms with Crippen LogP contribution in [0.3, 0.4) is 0 Å². The Morgan fingerprint density at radius 2 is 2.15 bits per heavy atom. The second kappa shape index (κ2) is 4.09. The Balaban J connectivity index is 2.95. The first-order valence-electron chi connectivity index (χ1n) is 3.55. The quantitative estimate of drug-likeness (QED) is 0.616. The van der Waals surface area contributed by atoms with Crippen molar-refractivity contribution in [2.75, 3.05) is 5.73 Å². The minimum atomic E-state index is -0.974. The van der Waals surface area contributed by atoms with Crippen LogP contribution in [-0.2, 0) is 4.79 Å². The smallest absolute Gasteiger partial charge is 0.328 e. The van der Waals surface area contributed by atoms with E-state index in [1.165, 1.54) is 6.08 Å². The molecule has 68 valence electrons. The van der Waals surface area contributed by atoms with Gasteiger partial charge in [-0.3, -0.25) is 0 Å². The highest BCUT2D eigenvalue weighted by atomic mass is 79.9. The molecule has 3 N–H and O–H groups in total. The summed E-state index contributed by atoms with van der Waals surface area (Å²) >= 11 is 3.26. The molecular weight excluding hydrogens is 234 g/mol. The number of carboxylic acid groups (broad SMARTS) is 1. The summed E-state index contributed by atoms with van der Waals surface area (Å²) < 4.78 is 0.831. The summed E-state index contributed by atoms with van der Waals surface area (Å²) in [6.45, 7) is 0. The van der Waals surface area contributed by atoms with E-state index < -0.39 is 5.97 Å². The van der Waals surface area contributed by atoms with E-state index in [4.69, 9.17) is 10.8 Å². The average Bonchev–Trinajstić information content (AvgIpc) is 1.99. The number of nitrogen functional groups attached to an aromatic ring is 1. The summed E-state index contributed by atoms with van der Waals surface area (Å²) in [4.78, 5) is 10.2. The van der Waals surface area contributed by atoms with Crippen molar-refractivity contribution >= 4 is 33.7 Å². The lowest BCUT2D eigenvalue weighted by Crippen LogP contribution is -1.88. The van der Waals surface area contributed by atoms with E-state index in [9.17, 15) is 4.79 Å². The number of nitrogens with two attached hydrogens (primary N) is 1. The second-order valence-electron chi connectivity index (χ2n) is 2.49. The van der Waals surface area contributed by atoms with E-state index in [1.54, 1.807) is 18.2 Å². The van der Waals surface area contributed by atoms with Gasteiger partial charge in [0, 0.05) is 16.2 Å². The van der Waals surface area contributed by atoms with Crippen molar-refractivity contribution in [2.24, 2.45) is 0 Å². The number of aliphatic carboxylic acids is 1. The van der Waals surface area contributed by atoms with E-state index in [-0.39, 0.29) is 0 Å². The van der Waals surface area contributed by atoms with Gasteiger partial charge in [0.25, 0.3) is 0 Å². The van der Waals surface area contributed by atoms with Gasteiger partial charge in [0.05, 0.1) is 0 Å². The van der Waals surface area contributed by atoms with Crippen LogP contribution >= 0.6 is 15.9 Å². The summed E-state index contributed by atoms with van der Waals surface area (Å²) in [6, 6.07) is 5.23. The van der Waals surface area contributed by atoms with Gasteiger partial charge in [-0.1, -0.05) is 15.9 Å². The van der Waals surface area contributed by atoms with Crippen LogP contribution in [0.2, 0.25) is 0 Å². The molecule has 0 aliphatic carbocycles. The molecule has 0 fully saturated rings. The maximum Gasteiger partial charge on any atom is 0.328 e. The van der Waals surface area contributed by atoms with E-state index in [0.717, 1.165) is 16.1 Å². The normalized spacial score (nSPS) is 10.5. The van der Waals surface area contributed by atoms with Crippen LogP contribution in [0.1, 0.15) is 5.56 Å². The fraction of sp³-hybridized carbons (Fsp3) is 0. The number of hydrogen-bond acceptors (Lipinski definition) is 2. The summed E-state index contributed by atoms with van der Waals surface area (Å²) in [5.41, 5.74) is 6.91. The SMILES string of the molecule is Nc1cc(Br)cc(/C=C\C(=O)O)c1. The average molecular weight is 242 g/mol. The molecule has 0 saturated heterocycles. The predicted molar refractivity (Wildman–Crippen MR) is 55.2 cm³/mol. The highest BCUT2D eigenvalue weighted by Gasteiger charge is 1.94. The molecular formula is C9H8BrNO2. The largest absolute Gasteiger partial charge is 0.478 e. The van der Waals surface area contributed by atoms with Gasteiger partial charge < -0.3 is 10.8 Å². The molecule has 3 nitrogen and oxygen atoms in total. The fourth-order valence-electron chi connectivity index (χ4n) is 0.900. The van der Waals surface area contributed by atoms with Crippen molar-refractivity contribution in [3.8, 4) is 0 Å². The molecule has 13 heavy (non-hydrogen) atoms. The topological polar surface area (TPSA) is 63.3 Å². The summed E-state index contributed by atoms with van der Waals surface area (Å²) in [6.07, 6.45) is 2.56. The minimum absolute atomic E-state index is 0.597. The molecule has 1 aromatic carbocycles. The number of benzene rings is 1. The Labute approximate surface area is 84.0 Å². The van der Waals surface area contributed by atoms with Gasteiger partial charge in [-0.05, 0) is 29.8 Å². The van der Waals surface area contributed by atoms with Crippen LogP contribution in [0.5, 0.6) is 0 Å². The van der Waals surface area contributed by atoms with E-state index in [1.807, 2.05) is 0 Å². The first-order valence-corrected chi connectivity index (χ1v) is 4.34. The van der Waals surface area contributed by atoms with Gasteiger partial charge in [0.2, 0.25) is 0 Å². The van der Waals surface area contributed by atoms with Crippen LogP contribution in [-0.4, -0.2) is 11.1 Å². The van der Waals surface area contributed by atoms with Crippen LogP contribution in [0, 0.1) is 0 Å². The Bertz CT molecular complexity index is 340. The predicted octanol–water partition coefficient (Wildman–Crippen LogP) is 2.13. The van der Waals surface area contributed by atoms with Crippen molar-refractivity contribution in [3.63, 3.8) is 0 Å². The zero-order valence-corrected chi connectivity index (χ0v) is 8.28. The molecule has 0 saturated carbocycles. The number of hydrogen-bond donors (Lipinski definition) is 2. The molecule has 0 amide bonds. The van der Waals surface area contributed by atoms with Crippen LogP contribution < -0.4 is 5.73 Å². The monoisotopic (exact) mass is 241 g/mol. The summed E-state index contributed by atoms with van der Waals surface area (Å²) in [5.74, 6) is -0.974. The number of carboxylic acids is 1. The van der Waals surface area contributed by atoms with Crippen LogP contribution in [0.4, 0.5) is 5.69 Å². The molecule has 1 aromatic rings. The molecule has 0 aromatic heterocycles. The highest BCUT2D eigenvalue weighted by molar-refractivity contribution is 9.10. The van der Waals surface area contributed by atoms with Crippen molar-refractivity contribution < 1.29 is 9.90 Å². The van der Waals surface area contributed by atoms with Crippen molar-refractivity contribution in [2.45, 2.75) is 0 Å². The zero-order chi connectivity index (χ0) is 9.84. The second-order valence-corrected chi connectivity index (χ2v) is 3.41. The molecule has 0 atom stereocenters. The lowest BCUT2D eigenvalue weighted by molar-refractivity contribution is -0.131. The van der Waals surface area contributed by atoms with Gasteiger partial charge >= 0.3 is 5.97 Å². The van der Waals surface area contributed by atoms with Gasteiger partial charge in [-0.15, -0.1) is 0 Å². The number of anilines is 1. The maximum atomic E-state index is 10.2. The molecule has 4 heteroatoms.